The van der Waals surface area contributed by atoms with Gasteiger partial charge in [-0.05, 0) is 30.2 Å². The third-order valence-electron chi connectivity index (χ3n) is 4.06. The van der Waals surface area contributed by atoms with Gasteiger partial charge in [0.2, 0.25) is 5.91 Å². The maximum atomic E-state index is 12.2. The summed E-state index contributed by atoms with van der Waals surface area (Å²) in [4.78, 5) is 16.8. The lowest BCUT2D eigenvalue weighted by molar-refractivity contribution is -0.134. The lowest BCUT2D eigenvalue weighted by Crippen LogP contribution is -2.49. The van der Waals surface area contributed by atoms with E-state index in [1.807, 2.05) is 0 Å². The van der Waals surface area contributed by atoms with Crippen LogP contribution in [0.5, 0.6) is 0 Å². The van der Waals surface area contributed by atoms with E-state index in [0.717, 1.165) is 26.2 Å². The van der Waals surface area contributed by atoms with Crippen LogP contribution in [0.1, 0.15) is 67.2 Å². The second kappa shape index (κ2) is 7.62. The van der Waals surface area contributed by atoms with Crippen LogP contribution >= 0.6 is 0 Å². The van der Waals surface area contributed by atoms with Crippen molar-refractivity contribution in [1.82, 2.24) is 9.80 Å². The Bertz CT molecular complexity index is 317. The molecule has 1 heterocycles. The number of amides is 1. The second-order valence-electron chi connectivity index (χ2n) is 8.98. The van der Waals surface area contributed by atoms with Gasteiger partial charge < -0.3 is 4.90 Å². The van der Waals surface area contributed by atoms with Gasteiger partial charge in [-0.25, -0.2) is 0 Å². The molecule has 3 heteroatoms. The number of carbonyl (C=O) groups excluding carboxylic acids is 1. The first-order chi connectivity index (χ1) is 9.57. The molecular formula is C18H36N2O. The number of nitrogens with zero attached hydrogens (tertiary/aromatic N) is 2. The van der Waals surface area contributed by atoms with Gasteiger partial charge in [0.15, 0.2) is 0 Å². The highest BCUT2D eigenvalue weighted by atomic mass is 16.2. The first-order valence-corrected chi connectivity index (χ1v) is 8.57. The fourth-order valence-corrected chi connectivity index (χ4v) is 2.78. The minimum atomic E-state index is 0.0984. The summed E-state index contributed by atoms with van der Waals surface area (Å²) in [5.41, 5.74) is 0.555. The highest BCUT2D eigenvalue weighted by Crippen LogP contribution is 2.22. The molecule has 0 bridgehead atoms. The molecule has 1 amide bonds. The number of rotatable bonds is 5. The van der Waals surface area contributed by atoms with E-state index in [1.165, 1.54) is 25.8 Å². The van der Waals surface area contributed by atoms with Crippen LogP contribution in [0.2, 0.25) is 0 Å². The van der Waals surface area contributed by atoms with Crippen LogP contribution in [0, 0.1) is 10.8 Å². The van der Waals surface area contributed by atoms with Crippen molar-refractivity contribution in [3.63, 3.8) is 0 Å². The molecule has 0 aromatic carbocycles. The average molecular weight is 296 g/mol. The average Bonchev–Trinajstić information content (AvgIpc) is 2.32. The van der Waals surface area contributed by atoms with E-state index in [9.17, 15) is 4.79 Å². The molecule has 124 valence electrons. The van der Waals surface area contributed by atoms with Crippen molar-refractivity contribution in [2.75, 3.05) is 32.7 Å². The molecule has 0 saturated carbocycles. The summed E-state index contributed by atoms with van der Waals surface area (Å²) >= 11 is 0. The van der Waals surface area contributed by atoms with Crippen molar-refractivity contribution < 1.29 is 4.79 Å². The minimum absolute atomic E-state index is 0.0984. The molecule has 0 unspecified atom stereocenters. The Morgan fingerprint density at radius 1 is 0.857 bits per heavy atom. The van der Waals surface area contributed by atoms with Crippen molar-refractivity contribution in [2.24, 2.45) is 10.8 Å². The first kappa shape index (κ1) is 18.5. The Balaban J connectivity index is 2.19. The maximum absolute atomic E-state index is 12.2. The molecular weight excluding hydrogens is 260 g/mol. The molecule has 1 saturated heterocycles. The van der Waals surface area contributed by atoms with E-state index in [4.69, 9.17) is 0 Å². The van der Waals surface area contributed by atoms with Crippen LogP contribution in [0.4, 0.5) is 0 Å². The van der Waals surface area contributed by atoms with E-state index in [-0.39, 0.29) is 5.41 Å². The van der Waals surface area contributed by atoms with Gasteiger partial charge in [0.25, 0.3) is 0 Å². The van der Waals surface area contributed by atoms with Crippen molar-refractivity contribution in [2.45, 2.75) is 67.2 Å². The molecule has 1 aliphatic heterocycles. The number of carbonyl (C=O) groups is 1. The summed E-state index contributed by atoms with van der Waals surface area (Å²) in [6.45, 7) is 18.4. The third-order valence-corrected chi connectivity index (χ3v) is 4.06. The van der Waals surface area contributed by atoms with Crippen LogP contribution in [0.15, 0.2) is 0 Å². The Morgan fingerprint density at radius 2 is 1.43 bits per heavy atom. The molecule has 0 radical (unpaired) electrons. The second-order valence-corrected chi connectivity index (χ2v) is 8.98. The number of hydrogen-bond donors (Lipinski definition) is 0. The summed E-state index contributed by atoms with van der Waals surface area (Å²) < 4.78 is 0. The third kappa shape index (κ3) is 8.45. The molecule has 3 nitrogen and oxygen atoms in total. The predicted molar refractivity (Wildman–Crippen MR) is 90.4 cm³/mol. The van der Waals surface area contributed by atoms with Gasteiger partial charge in [0, 0.05) is 32.6 Å². The Hall–Kier alpha value is -0.570. The lowest BCUT2D eigenvalue weighted by atomic mass is 9.90. The summed E-state index contributed by atoms with van der Waals surface area (Å²) in [6.07, 6.45) is 4.56. The van der Waals surface area contributed by atoms with Gasteiger partial charge in [0.1, 0.15) is 0 Å². The van der Waals surface area contributed by atoms with E-state index in [2.05, 4.69) is 51.3 Å². The largest absolute Gasteiger partial charge is 0.340 e. The van der Waals surface area contributed by atoms with Crippen molar-refractivity contribution in [3.05, 3.63) is 0 Å². The zero-order valence-electron chi connectivity index (χ0n) is 15.2. The van der Waals surface area contributed by atoms with Crippen LogP contribution in [-0.2, 0) is 4.79 Å². The summed E-state index contributed by atoms with van der Waals surface area (Å²) in [6, 6.07) is 0. The topological polar surface area (TPSA) is 23.6 Å². The summed E-state index contributed by atoms with van der Waals surface area (Å²) in [5, 5.41) is 0. The molecule has 0 aromatic rings. The molecule has 0 spiro atoms. The molecule has 1 rings (SSSR count). The number of piperazine rings is 1. The first-order valence-electron chi connectivity index (χ1n) is 8.57. The highest BCUT2D eigenvalue weighted by Gasteiger charge is 2.24. The van der Waals surface area contributed by atoms with Crippen LogP contribution in [0.3, 0.4) is 0 Å². The highest BCUT2D eigenvalue weighted by molar-refractivity contribution is 5.76. The molecule has 0 atom stereocenters. The Morgan fingerprint density at radius 3 is 1.90 bits per heavy atom. The predicted octanol–water partition coefficient (Wildman–Crippen LogP) is 3.78. The van der Waals surface area contributed by atoms with Crippen LogP contribution in [0.25, 0.3) is 0 Å². The Kier molecular flexibility index (Phi) is 6.71. The van der Waals surface area contributed by atoms with Crippen molar-refractivity contribution in [1.29, 1.82) is 0 Å². The normalized spacial score (nSPS) is 18.1. The maximum Gasteiger partial charge on any atom is 0.223 e. The monoisotopic (exact) mass is 296 g/mol. The molecule has 0 aromatic heterocycles. The zero-order valence-corrected chi connectivity index (χ0v) is 15.2. The molecule has 1 fully saturated rings. The van der Waals surface area contributed by atoms with Crippen molar-refractivity contribution >= 4 is 5.91 Å². The quantitative estimate of drug-likeness (QED) is 0.721. The standard InChI is InChI=1S/C18H36N2O/c1-17(2,3)9-7-8-10-19-11-13-20(14-12-19)16(21)15-18(4,5)6/h7-15H2,1-6H3. The minimum Gasteiger partial charge on any atom is -0.340 e. The van der Waals surface area contributed by atoms with Gasteiger partial charge >= 0.3 is 0 Å². The van der Waals surface area contributed by atoms with E-state index in [1.54, 1.807) is 0 Å². The summed E-state index contributed by atoms with van der Waals surface area (Å²) in [5.74, 6) is 0.329. The van der Waals surface area contributed by atoms with Gasteiger partial charge in [-0.15, -0.1) is 0 Å². The number of unbranched alkanes of at least 4 members (excludes halogenated alkanes) is 1. The lowest BCUT2D eigenvalue weighted by Gasteiger charge is -2.36. The molecule has 21 heavy (non-hydrogen) atoms. The number of hydrogen-bond acceptors (Lipinski definition) is 2. The van der Waals surface area contributed by atoms with E-state index < -0.39 is 0 Å². The Labute approximate surface area is 132 Å². The fourth-order valence-electron chi connectivity index (χ4n) is 2.78. The van der Waals surface area contributed by atoms with Gasteiger partial charge in [0.05, 0.1) is 0 Å². The van der Waals surface area contributed by atoms with E-state index in [0.29, 0.717) is 17.7 Å². The fraction of sp³-hybridized carbons (Fsp3) is 0.944. The van der Waals surface area contributed by atoms with Crippen LogP contribution < -0.4 is 0 Å². The van der Waals surface area contributed by atoms with Crippen LogP contribution in [-0.4, -0.2) is 48.4 Å². The SMILES string of the molecule is CC(C)(C)CCCCN1CCN(C(=O)CC(C)(C)C)CC1. The summed E-state index contributed by atoms with van der Waals surface area (Å²) in [7, 11) is 0. The van der Waals surface area contributed by atoms with Crippen molar-refractivity contribution in [3.8, 4) is 0 Å². The smallest absolute Gasteiger partial charge is 0.223 e. The zero-order chi connectivity index (χ0) is 16.1. The van der Waals surface area contributed by atoms with E-state index >= 15 is 0 Å². The van der Waals surface area contributed by atoms with Gasteiger partial charge in [-0.2, -0.15) is 0 Å². The molecule has 0 N–H and O–H groups in total. The molecule has 0 aliphatic carbocycles. The molecule has 1 aliphatic rings. The van der Waals surface area contributed by atoms with Gasteiger partial charge in [-0.1, -0.05) is 48.0 Å². The van der Waals surface area contributed by atoms with Gasteiger partial charge in [-0.3, -0.25) is 9.69 Å².